The minimum absolute atomic E-state index is 0. The molecule has 1 aromatic rings. The molecule has 3 nitrogen and oxygen atoms in total. The van der Waals surface area contributed by atoms with E-state index in [0.717, 1.165) is 18.4 Å². The number of hydrogen-bond acceptors (Lipinski definition) is 3. The van der Waals surface area contributed by atoms with Gasteiger partial charge in [-0.15, -0.1) is 11.3 Å². The molecule has 1 amide bonds. The molecule has 0 fully saturated rings. The van der Waals surface area contributed by atoms with Gasteiger partial charge in [0.25, 0.3) is 0 Å². The van der Waals surface area contributed by atoms with E-state index in [1.165, 1.54) is 16.9 Å². The average Bonchev–Trinajstić information content (AvgIpc) is 2.45. The molecule has 0 aromatic carbocycles. The Bertz CT molecular complexity index is 312. The summed E-state index contributed by atoms with van der Waals surface area (Å²) in [5.41, 5.74) is 2.31. The standard InChI is InChI=1S/C9H13NO2S.Na/c1-3-6-5-13-8(7(6)4-2)10-9(11)12;/h5,10H,3-4H2,1-2H3,(H,11,12);/q;+1/p-1. The van der Waals surface area contributed by atoms with Gasteiger partial charge in [-0.05, 0) is 29.3 Å². The molecular weight excluding hydrogens is 209 g/mol. The van der Waals surface area contributed by atoms with E-state index in [0.29, 0.717) is 5.00 Å². The fourth-order valence-electron chi connectivity index (χ4n) is 1.30. The molecule has 0 saturated heterocycles. The van der Waals surface area contributed by atoms with Gasteiger partial charge in [-0.2, -0.15) is 0 Å². The number of thiophene rings is 1. The van der Waals surface area contributed by atoms with Crippen LogP contribution < -0.4 is 40.0 Å². The van der Waals surface area contributed by atoms with Crippen LogP contribution in [0.3, 0.4) is 0 Å². The first kappa shape index (κ1) is 14.0. The number of rotatable bonds is 3. The van der Waals surface area contributed by atoms with Crippen LogP contribution in [0.5, 0.6) is 0 Å². The molecule has 14 heavy (non-hydrogen) atoms. The maximum Gasteiger partial charge on any atom is 1.00 e. The summed E-state index contributed by atoms with van der Waals surface area (Å²) in [6.45, 7) is 4.08. The van der Waals surface area contributed by atoms with E-state index in [-0.39, 0.29) is 29.6 Å². The first-order chi connectivity index (χ1) is 6.19. The van der Waals surface area contributed by atoms with Crippen LogP contribution in [0.4, 0.5) is 9.80 Å². The zero-order chi connectivity index (χ0) is 9.84. The third kappa shape index (κ3) is 3.28. The van der Waals surface area contributed by atoms with Gasteiger partial charge in [-0.1, -0.05) is 13.8 Å². The topological polar surface area (TPSA) is 52.2 Å². The van der Waals surface area contributed by atoms with Gasteiger partial charge < -0.3 is 15.2 Å². The number of amides is 1. The molecule has 1 heterocycles. The van der Waals surface area contributed by atoms with Gasteiger partial charge in [-0.3, -0.25) is 0 Å². The fraction of sp³-hybridized carbons (Fsp3) is 0.444. The van der Waals surface area contributed by atoms with Crippen LogP contribution in [0, 0.1) is 0 Å². The molecule has 0 radical (unpaired) electrons. The summed E-state index contributed by atoms with van der Waals surface area (Å²) < 4.78 is 0. The van der Waals surface area contributed by atoms with Crippen molar-refractivity contribution >= 4 is 22.4 Å². The van der Waals surface area contributed by atoms with E-state index in [4.69, 9.17) is 0 Å². The van der Waals surface area contributed by atoms with Crippen LogP contribution in [0.1, 0.15) is 25.0 Å². The van der Waals surface area contributed by atoms with Crippen molar-refractivity contribution in [1.29, 1.82) is 0 Å². The van der Waals surface area contributed by atoms with Gasteiger partial charge >= 0.3 is 29.6 Å². The Labute approximate surface area is 110 Å². The number of carboxylic acid groups (broad SMARTS) is 1. The van der Waals surface area contributed by atoms with Crippen LogP contribution in [0.2, 0.25) is 0 Å². The van der Waals surface area contributed by atoms with Crippen molar-refractivity contribution in [1.82, 2.24) is 0 Å². The Balaban J connectivity index is 0.00000169. The summed E-state index contributed by atoms with van der Waals surface area (Å²) in [7, 11) is 0. The average molecular weight is 221 g/mol. The third-order valence-electron chi connectivity index (χ3n) is 1.93. The van der Waals surface area contributed by atoms with E-state index in [1.54, 1.807) is 0 Å². The summed E-state index contributed by atoms with van der Waals surface area (Å²) in [6, 6.07) is 0. The molecule has 0 saturated carbocycles. The van der Waals surface area contributed by atoms with E-state index >= 15 is 0 Å². The van der Waals surface area contributed by atoms with E-state index in [1.807, 2.05) is 12.3 Å². The minimum atomic E-state index is -1.24. The number of hydrogen-bond donors (Lipinski definition) is 1. The van der Waals surface area contributed by atoms with E-state index in [9.17, 15) is 9.90 Å². The van der Waals surface area contributed by atoms with Crippen LogP contribution >= 0.6 is 11.3 Å². The predicted octanol–water partition coefficient (Wildman–Crippen LogP) is -1.37. The summed E-state index contributed by atoms with van der Waals surface area (Å²) in [6.07, 6.45) is 0.552. The normalized spacial score (nSPS) is 9.29. The van der Waals surface area contributed by atoms with Crippen molar-refractivity contribution in [2.45, 2.75) is 26.7 Å². The second-order valence-corrected chi connectivity index (χ2v) is 3.57. The summed E-state index contributed by atoms with van der Waals surface area (Å²) in [5.74, 6) is 0. The molecule has 1 rings (SSSR count). The van der Waals surface area contributed by atoms with E-state index < -0.39 is 6.09 Å². The summed E-state index contributed by atoms with van der Waals surface area (Å²) >= 11 is 1.42. The van der Waals surface area contributed by atoms with Gasteiger partial charge in [-0.25, -0.2) is 0 Å². The molecule has 72 valence electrons. The summed E-state index contributed by atoms with van der Waals surface area (Å²) in [5, 5.41) is 15.3. The van der Waals surface area contributed by atoms with Crippen molar-refractivity contribution in [2.75, 3.05) is 5.32 Å². The Morgan fingerprint density at radius 1 is 1.50 bits per heavy atom. The quantitative estimate of drug-likeness (QED) is 0.640. The molecule has 0 spiro atoms. The van der Waals surface area contributed by atoms with Gasteiger partial charge in [0.05, 0.1) is 5.00 Å². The molecule has 0 unspecified atom stereocenters. The van der Waals surface area contributed by atoms with Crippen molar-refractivity contribution in [3.8, 4) is 0 Å². The summed E-state index contributed by atoms with van der Waals surface area (Å²) in [4.78, 5) is 10.3. The number of anilines is 1. The first-order valence-corrected chi connectivity index (χ1v) is 5.14. The minimum Gasteiger partial charge on any atom is -0.530 e. The van der Waals surface area contributed by atoms with Gasteiger partial charge in [0.1, 0.15) is 6.09 Å². The second kappa shape index (κ2) is 6.45. The number of nitrogens with one attached hydrogen (secondary N) is 1. The molecular formula is C9H12NNaO2S. The Hall–Kier alpha value is -0.0300. The zero-order valence-electron chi connectivity index (χ0n) is 8.72. The van der Waals surface area contributed by atoms with Crippen LogP contribution in [0.15, 0.2) is 5.38 Å². The molecule has 1 N–H and O–H groups in total. The monoisotopic (exact) mass is 221 g/mol. The molecule has 0 bridgehead atoms. The van der Waals surface area contributed by atoms with Crippen molar-refractivity contribution in [3.63, 3.8) is 0 Å². The number of carbonyl (C=O) groups is 1. The second-order valence-electron chi connectivity index (χ2n) is 2.69. The molecule has 1 aromatic heterocycles. The van der Waals surface area contributed by atoms with Crippen LogP contribution in [0.25, 0.3) is 0 Å². The smallest absolute Gasteiger partial charge is 0.530 e. The Kier molecular flexibility index (Phi) is 6.44. The molecule has 0 aliphatic carbocycles. The molecule has 0 atom stereocenters. The Morgan fingerprint density at radius 3 is 2.57 bits per heavy atom. The Morgan fingerprint density at radius 2 is 2.14 bits per heavy atom. The van der Waals surface area contributed by atoms with Gasteiger partial charge in [0, 0.05) is 0 Å². The van der Waals surface area contributed by atoms with E-state index in [2.05, 4.69) is 12.2 Å². The largest absolute Gasteiger partial charge is 1.00 e. The maximum atomic E-state index is 10.3. The SMILES string of the molecule is CCc1csc(NC(=O)[O-])c1CC.[Na+]. The third-order valence-corrected chi connectivity index (χ3v) is 2.92. The number of aryl methyl sites for hydroxylation is 1. The fourth-order valence-corrected chi connectivity index (χ4v) is 2.43. The maximum absolute atomic E-state index is 10.3. The van der Waals surface area contributed by atoms with Gasteiger partial charge in [0.2, 0.25) is 0 Å². The molecule has 0 aliphatic rings. The van der Waals surface area contributed by atoms with Crippen LogP contribution in [-0.4, -0.2) is 6.09 Å². The number of carbonyl (C=O) groups excluding carboxylic acids is 1. The van der Waals surface area contributed by atoms with Crippen LogP contribution in [-0.2, 0) is 12.8 Å². The van der Waals surface area contributed by atoms with Crippen molar-refractivity contribution in [3.05, 3.63) is 16.5 Å². The molecule has 0 aliphatic heterocycles. The van der Waals surface area contributed by atoms with Gasteiger partial charge in [0.15, 0.2) is 0 Å². The van der Waals surface area contributed by atoms with Crippen molar-refractivity contribution < 1.29 is 39.5 Å². The molecule has 5 heteroatoms. The first-order valence-electron chi connectivity index (χ1n) is 4.26. The predicted molar refractivity (Wildman–Crippen MR) is 52.1 cm³/mol. The van der Waals surface area contributed by atoms with Crippen molar-refractivity contribution in [2.24, 2.45) is 0 Å². The zero-order valence-corrected chi connectivity index (χ0v) is 11.5.